The van der Waals surface area contributed by atoms with Gasteiger partial charge in [0.15, 0.2) is 11.5 Å². The summed E-state index contributed by atoms with van der Waals surface area (Å²) in [5.74, 6) is 1.49. The Bertz CT molecular complexity index is 1060. The van der Waals surface area contributed by atoms with Crippen molar-refractivity contribution >= 4 is 11.7 Å². The molecule has 6 heteroatoms. The molecule has 4 rings (SSSR count). The van der Waals surface area contributed by atoms with E-state index in [1.165, 1.54) is 18.1 Å². The molecule has 2 heterocycles. The van der Waals surface area contributed by atoms with E-state index in [2.05, 4.69) is 36.1 Å². The molecule has 1 aliphatic rings. The molecular weight excluding hydrogens is 404 g/mol. The van der Waals surface area contributed by atoms with E-state index in [-0.39, 0.29) is 18.3 Å². The Morgan fingerprint density at radius 2 is 1.59 bits per heavy atom. The summed E-state index contributed by atoms with van der Waals surface area (Å²) in [6, 6.07) is 19.0. The number of piperazine rings is 1. The number of carbonyl (C=O) groups excluding carboxylic acids is 2. The summed E-state index contributed by atoms with van der Waals surface area (Å²) in [6.45, 7) is 7.78. The molecule has 0 bridgehead atoms. The van der Waals surface area contributed by atoms with Crippen LogP contribution in [0.5, 0.6) is 5.75 Å². The van der Waals surface area contributed by atoms with Gasteiger partial charge in [0.25, 0.3) is 5.91 Å². The predicted octanol–water partition coefficient (Wildman–Crippen LogP) is 4.33. The Labute approximate surface area is 188 Å². The molecule has 1 amide bonds. The minimum Gasteiger partial charge on any atom is -0.486 e. The van der Waals surface area contributed by atoms with Crippen molar-refractivity contribution in [2.24, 2.45) is 0 Å². The standard InChI is InChI=1S/C26H28N2O4/c1-19-3-5-21(6-4-19)17-27-13-15-28(16-14-27)26(30)25-12-11-24(32-25)18-31-23-9-7-22(8-10-23)20(2)29/h3-12H,13-18H2,1-2H3. The van der Waals surface area contributed by atoms with Crippen LogP contribution in [0.25, 0.3) is 0 Å². The second-order valence-corrected chi connectivity index (χ2v) is 8.19. The highest BCUT2D eigenvalue weighted by Crippen LogP contribution is 2.18. The number of hydrogen-bond donors (Lipinski definition) is 0. The van der Waals surface area contributed by atoms with Crippen LogP contribution in [0.2, 0.25) is 0 Å². The van der Waals surface area contributed by atoms with Crippen molar-refractivity contribution in [2.45, 2.75) is 27.0 Å². The van der Waals surface area contributed by atoms with Crippen LogP contribution in [0.1, 0.15) is 44.7 Å². The van der Waals surface area contributed by atoms with Crippen LogP contribution >= 0.6 is 0 Å². The third kappa shape index (κ3) is 5.45. The number of benzene rings is 2. The largest absolute Gasteiger partial charge is 0.486 e. The van der Waals surface area contributed by atoms with Crippen molar-refractivity contribution in [3.63, 3.8) is 0 Å². The Hall–Kier alpha value is -3.38. The Balaban J connectivity index is 1.26. The first-order valence-electron chi connectivity index (χ1n) is 10.9. The van der Waals surface area contributed by atoms with Crippen molar-refractivity contribution in [3.8, 4) is 5.75 Å². The molecule has 1 aliphatic heterocycles. The molecule has 1 fully saturated rings. The SMILES string of the molecule is CC(=O)c1ccc(OCc2ccc(C(=O)N3CCN(Cc4ccc(C)cc4)CC3)o2)cc1. The molecule has 0 radical (unpaired) electrons. The quantitative estimate of drug-likeness (QED) is 0.520. The highest BCUT2D eigenvalue weighted by atomic mass is 16.5. The lowest BCUT2D eigenvalue weighted by molar-refractivity contribution is 0.0594. The van der Waals surface area contributed by atoms with E-state index in [0.717, 1.165) is 19.6 Å². The number of ketones is 1. The molecule has 6 nitrogen and oxygen atoms in total. The van der Waals surface area contributed by atoms with Crippen LogP contribution in [-0.4, -0.2) is 47.7 Å². The zero-order valence-electron chi connectivity index (χ0n) is 18.5. The number of carbonyl (C=O) groups is 2. The van der Waals surface area contributed by atoms with Crippen LogP contribution in [0.3, 0.4) is 0 Å². The maximum atomic E-state index is 12.8. The van der Waals surface area contributed by atoms with E-state index < -0.39 is 0 Å². The van der Waals surface area contributed by atoms with Gasteiger partial charge in [-0.25, -0.2) is 0 Å². The topological polar surface area (TPSA) is 63.0 Å². The highest BCUT2D eigenvalue weighted by Gasteiger charge is 2.24. The predicted molar refractivity (Wildman–Crippen MR) is 122 cm³/mol. The number of hydrogen-bond acceptors (Lipinski definition) is 5. The van der Waals surface area contributed by atoms with E-state index >= 15 is 0 Å². The van der Waals surface area contributed by atoms with Crippen LogP contribution in [0, 0.1) is 6.92 Å². The van der Waals surface area contributed by atoms with Crippen LogP contribution in [0.4, 0.5) is 0 Å². The first kappa shape index (κ1) is 21.8. The van der Waals surface area contributed by atoms with Gasteiger partial charge in [-0.2, -0.15) is 0 Å². The minimum atomic E-state index is -0.0861. The second kappa shape index (κ2) is 9.83. The summed E-state index contributed by atoms with van der Waals surface area (Å²) < 4.78 is 11.4. The van der Waals surface area contributed by atoms with Crippen molar-refractivity contribution in [1.29, 1.82) is 0 Å². The van der Waals surface area contributed by atoms with E-state index in [1.54, 1.807) is 36.4 Å². The Kier molecular flexibility index (Phi) is 6.71. The molecule has 2 aromatic carbocycles. The molecule has 0 spiro atoms. The second-order valence-electron chi connectivity index (χ2n) is 8.19. The smallest absolute Gasteiger partial charge is 0.289 e. The van der Waals surface area contributed by atoms with Crippen LogP contribution < -0.4 is 4.74 Å². The van der Waals surface area contributed by atoms with Crippen LogP contribution in [0.15, 0.2) is 65.1 Å². The molecule has 166 valence electrons. The summed E-state index contributed by atoms with van der Waals surface area (Å²) in [7, 11) is 0. The van der Waals surface area contributed by atoms with Crippen molar-refractivity contribution < 1.29 is 18.7 Å². The molecule has 1 saturated heterocycles. The summed E-state index contributed by atoms with van der Waals surface area (Å²) in [6.07, 6.45) is 0. The zero-order valence-corrected chi connectivity index (χ0v) is 18.5. The monoisotopic (exact) mass is 432 g/mol. The Morgan fingerprint density at radius 1 is 0.906 bits per heavy atom. The summed E-state index contributed by atoms with van der Waals surface area (Å²) in [4.78, 5) is 28.4. The van der Waals surface area contributed by atoms with E-state index in [1.807, 2.05) is 4.90 Å². The van der Waals surface area contributed by atoms with Gasteiger partial charge < -0.3 is 14.1 Å². The van der Waals surface area contributed by atoms with Crippen molar-refractivity contribution in [2.75, 3.05) is 26.2 Å². The van der Waals surface area contributed by atoms with Crippen molar-refractivity contribution in [3.05, 3.63) is 88.9 Å². The van der Waals surface area contributed by atoms with Gasteiger partial charge >= 0.3 is 0 Å². The molecular formula is C26H28N2O4. The van der Waals surface area contributed by atoms with Gasteiger partial charge in [0.05, 0.1) is 0 Å². The number of furan rings is 1. The maximum Gasteiger partial charge on any atom is 0.289 e. The maximum absolute atomic E-state index is 12.8. The molecule has 0 unspecified atom stereocenters. The fourth-order valence-electron chi connectivity index (χ4n) is 3.73. The first-order valence-corrected chi connectivity index (χ1v) is 10.9. The molecule has 1 aromatic heterocycles. The highest BCUT2D eigenvalue weighted by molar-refractivity contribution is 5.94. The molecule has 0 atom stereocenters. The summed E-state index contributed by atoms with van der Waals surface area (Å²) >= 11 is 0. The number of nitrogens with zero attached hydrogens (tertiary/aromatic N) is 2. The number of ether oxygens (including phenoxy) is 1. The first-order chi connectivity index (χ1) is 15.5. The third-order valence-electron chi connectivity index (χ3n) is 5.70. The number of rotatable bonds is 7. The van der Waals surface area contributed by atoms with Crippen molar-refractivity contribution in [1.82, 2.24) is 9.80 Å². The number of amides is 1. The number of aryl methyl sites for hydroxylation is 1. The zero-order chi connectivity index (χ0) is 22.5. The van der Waals surface area contributed by atoms with Gasteiger partial charge in [-0.15, -0.1) is 0 Å². The third-order valence-corrected chi connectivity index (χ3v) is 5.70. The summed E-state index contributed by atoms with van der Waals surface area (Å²) in [5.41, 5.74) is 3.20. The molecule has 0 saturated carbocycles. The van der Waals surface area contributed by atoms with Gasteiger partial charge in [0, 0.05) is 38.3 Å². The molecule has 0 N–H and O–H groups in total. The lowest BCUT2D eigenvalue weighted by Crippen LogP contribution is -2.48. The lowest BCUT2D eigenvalue weighted by Gasteiger charge is -2.34. The lowest BCUT2D eigenvalue weighted by atomic mass is 10.1. The van der Waals surface area contributed by atoms with Crippen LogP contribution in [-0.2, 0) is 13.2 Å². The average molecular weight is 433 g/mol. The van der Waals surface area contributed by atoms with E-state index in [9.17, 15) is 9.59 Å². The van der Waals surface area contributed by atoms with Gasteiger partial charge in [-0.05, 0) is 55.8 Å². The van der Waals surface area contributed by atoms with Gasteiger partial charge in [0.2, 0.25) is 0 Å². The molecule has 3 aromatic rings. The molecule has 32 heavy (non-hydrogen) atoms. The van der Waals surface area contributed by atoms with Gasteiger partial charge in [0.1, 0.15) is 18.1 Å². The van der Waals surface area contributed by atoms with E-state index in [4.69, 9.17) is 9.15 Å². The fourth-order valence-corrected chi connectivity index (χ4v) is 3.73. The minimum absolute atomic E-state index is 0.0155. The average Bonchev–Trinajstić information content (AvgIpc) is 3.29. The fraction of sp³-hybridized carbons (Fsp3) is 0.308. The Morgan fingerprint density at radius 3 is 2.25 bits per heavy atom. The summed E-state index contributed by atoms with van der Waals surface area (Å²) in [5, 5.41) is 0. The molecule has 0 aliphatic carbocycles. The van der Waals surface area contributed by atoms with Gasteiger partial charge in [-0.1, -0.05) is 29.8 Å². The van der Waals surface area contributed by atoms with E-state index in [0.29, 0.717) is 35.9 Å². The van der Waals surface area contributed by atoms with Gasteiger partial charge in [-0.3, -0.25) is 14.5 Å². The normalized spacial score (nSPS) is 14.4. The number of Topliss-reactive ketones (excluding diaryl/α,β-unsaturated/α-hetero) is 1.